The molecule has 0 aliphatic carbocycles. The lowest BCUT2D eigenvalue weighted by Crippen LogP contribution is -2.67. The average molecular weight is 606 g/mol. The van der Waals surface area contributed by atoms with Crippen molar-refractivity contribution in [1.29, 1.82) is 0 Å². The Kier molecular flexibility index (Phi) is 8.89. The Morgan fingerprint density at radius 2 is 0.406 bits per heavy atom. The zero-order valence-corrected chi connectivity index (χ0v) is 18.4. The highest BCUT2D eigenvalue weighted by atomic mass is 32.3. The third kappa shape index (κ3) is 11.9. The number of hydrogen-bond acceptors (Lipinski definition) is 18. The lowest BCUT2D eigenvalue weighted by atomic mass is 10.5. The number of hydrogen-bond donors (Lipinski definition) is 6. The predicted octanol–water partition coefficient (Wildman–Crippen LogP) is -4.79. The molecule has 0 aromatic heterocycles. The van der Waals surface area contributed by atoms with Gasteiger partial charge in [0.25, 0.3) is 0 Å². The minimum absolute atomic E-state index is 2.98. The molecule has 32 heavy (non-hydrogen) atoms. The molecule has 0 spiro atoms. The largest absolute Gasteiger partial charge is 0.421 e. The molecule has 24 nitrogen and oxygen atoms in total. The van der Waals surface area contributed by atoms with E-state index in [1.165, 1.54) is 0 Å². The minimum Gasteiger partial charge on any atom is -0.263 e. The van der Waals surface area contributed by atoms with Crippen molar-refractivity contribution in [1.82, 2.24) is 0 Å². The van der Waals surface area contributed by atoms with Gasteiger partial charge >= 0.3 is 74.3 Å². The highest BCUT2D eigenvalue weighted by Crippen LogP contribution is 2.41. The van der Waals surface area contributed by atoms with Crippen LogP contribution in [-0.4, -0.2) is 89.8 Å². The Hall–Kier alpha value is -0.780. The molecule has 0 saturated heterocycles. The van der Waals surface area contributed by atoms with Crippen LogP contribution in [0.25, 0.3) is 0 Å². The maximum Gasteiger partial charge on any atom is 0.421 e. The van der Waals surface area contributed by atoms with Gasteiger partial charge in [-0.05, 0) is 0 Å². The summed E-state index contributed by atoms with van der Waals surface area (Å²) in [7, 11) is -40.5. The van der Waals surface area contributed by atoms with Crippen LogP contribution in [0.15, 0.2) is 0 Å². The fourth-order valence-corrected chi connectivity index (χ4v) is 4.16. The quantitative estimate of drug-likeness (QED) is 0.0845. The first-order chi connectivity index (χ1) is 13.5. The molecule has 0 rings (SSSR count). The molecule has 0 unspecified atom stereocenters. The van der Waals surface area contributed by atoms with E-state index in [2.05, 4.69) is 25.1 Å². The second-order valence-corrected chi connectivity index (χ2v) is 10.3. The van der Waals surface area contributed by atoms with Gasteiger partial charge in [-0.15, -0.1) is 0 Å². The van der Waals surface area contributed by atoms with Crippen LogP contribution in [0.3, 0.4) is 0 Å². The summed E-state index contributed by atoms with van der Waals surface area (Å²) in [5.74, 6) is -12.0. The van der Waals surface area contributed by atoms with Gasteiger partial charge < -0.3 is 0 Å². The van der Waals surface area contributed by atoms with E-state index < -0.39 is 74.3 Å². The van der Waals surface area contributed by atoms with E-state index >= 15 is 0 Å². The fraction of sp³-hybridized carbons (Fsp3) is 1.00. The lowest BCUT2D eigenvalue weighted by Gasteiger charge is -2.38. The van der Waals surface area contributed by atoms with Crippen molar-refractivity contribution >= 4 is 62.4 Å². The van der Waals surface area contributed by atoms with Crippen LogP contribution >= 0.6 is 0 Å². The molecule has 30 heteroatoms. The molecule has 0 fully saturated rings. The first-order valence-corrected chi connectivity index (χ1v) is 13.8. The average Bonchev–Trinajstić information content (AvgIpc) is 2.23. The van der Waals surface area contributed by atoms with E-state index in [-0.39, 0.29) is 0 Å². The molecule has 0 heterocycles. The predicted molar refractivity (Wildman–Crippen MR) is 81.3 cm³/mol. The van der Waals surface area contributed by atoms with Crippen LogP contribution in [0, 0.1) is 0 Å². The molecule has 0 aliphatic heterocycles. The Morgan fingerprint density at radius 3 is 0.469 bits per heavy atom. The van der Waals surface area contributed by atoms with Crippen LogP contribution in [0.4, 0.5) is 0 Å². The molecular weight excluding hydrogens is 600 g/mol. The minimum atomic E-state index is -6.75. The van der Waals surface area contributed by atoms with Crippen molar-refractivity contribution in [3.8, 4) is 0 Å². The van der Waals surface area contributed by atoms with E-state index in [1.54, 1.807) is 0 Å². The summed E-state index contributed by atoms with van der Waals surface area (Å²) in [6.45, 7) is 0. The van der Waals surface area contributed by atoms with Gasteiger partial charge in [-0.2, -0.15) is 75.6 Å². The van der Waals surface area contributed by atoms with E-state index in [0.29, 0.717) is 0 Å². The fourth-order valence-electron chi connectivity index (χ4n) is 1.22. The van der Waals surface area contributed by atoms with Crippen molar-refractivity contribution in [3.05, 3.63) is 0 Å². The Balaban J connectivity index is 8.06. The standard InChI is InChI=1S/C2H6O24S6/c3-27(4,5)21-1(22-28(6,7)8,23-29(9,10)11)2(24-30(12,13)14,25-31(15,16)17)26-32(18,19)20/h(H,3,4,5)(H,6,7,8)(H,9,10,11)(H,12,13,14)(H,15,16,17)(H,18,19,20). The third-order valence-corrected chi connectivity index (χ3v) is 4.25. The van der Waals surface area contributed by atoms with Crippen LogP contribution in [-0.2, 0) is 87.5 Å². The Morgan fingerprint density at radius 1 is 0.312 bits per heavy atom. The molecule has 0 bridgehead atoms. The van der Waals surface area contributed by atoms with Crippen LogP contribution in [0.1, 0.15) is 0 Å². The summed E-state index contributed by atoms with van der Waals surface area (Å²) in [5.41, 5.74) is 0. The van der Waals surface area contributed by atoms with Gasteiger partial charge in [0.05, 0.1) is 0 Å². The summed E-state index contributed by atoms with van der Waals surface area (Å²) in [5, 5.41) is 0. The normalized spacial score (nSPS) is 15.6. The SMILES string of the molecule is O=S(=O)(O)OC(OS(=O)(=O)O)(OS(=O)(=O)O)C(OS(=O)(=O)O)(OS(=O)(=O)O)OS(=O)(=O)O. The summed E-state index contributed by atoms with van der Waals surface area (Å²) in [6, 6.07) is 0. The lowest BCUT2D eigenvalue weighted by molar-refractivity contribution is -0.450. The van der Waals surface area contributed by atoms with Gasteiger partial charge in [-0.25, -0.2) is 0 Å². The van der Waals surface area contributed by atoms with Gasteiger partial charge in [-0.1, -0.05) is 0 Å². The Bertz CT molecular complexity index is 1060. The van der Waals surface area contributed by atoms with E-state index in [4.69, 9.17) is 27.3 Å². The summed E-state index contributed by atoms with van der Waals surface area (Å²) < 4.78 is 202. The van der Waals surface area contributed by atoms with Crippen molar-refractivity contribution in [2.75, 3.05) is 0 Å². The molecule has 0 aliphatic rings. The molecule has 0 atom stereocenters. The first kappa shape index (κ1) is 31.2. The smallest absolute Gasteiger partial charge is 0.263 e. The summed E-state index contributed by atoms with van der Waals surface area (Å²) in [4.78, 5) is 0. The second-order valence-electron chi connectivity index (χ2n) is 4.18. The molecular formula is C2H6O24S6. The van der Waals surface area contributed by atoms with Gasteiger partial charge in [0.15, 0.2) is 0 Å². The highest BCUT2D eigenvalue weighted by molar-refractivity contribution is 7.83. The molecule has 6 N–H and O–H groups in total. The van der Waals surface area contributed by atoms with E-state index in [0.717, 1.165) is 0 Å². The van der Waals surface area contributed by atoms with Crippen molar-refractivity contribution < 1.29 is 103 Å². The van der Waals surface area contributed by atoms with Crippen molar-refractivity contribution in [2.45, 2.75) is 11.9 Å². The third-order valence-electron chi connectivity index (χ3n) is 1.67. The zero-order valence-electron chi connectivity index (χ0n) is 13.5. The van der Waals surface area contributed by atoms with Gasteiger partial charge in [0.2, 0.25) is 0 Å². The highest BCUT2D eigenvalue weighted by Gasteiger charge is 2.74. The van der Waals surface area contributed by atoms with Gasteiger partial charge in [0, 0.05) is 0 Å². The van der Waals surface area contributed by atoms with E-state index in [1.807, 2.05) is 0 Å². The van der Waals surface area contributed by atoms with Gasteiger partial charge in [0.1, 0.15) is 0 Å². The molecule has 0 radical (unpaired) electrons. The molecule has 0 amide bonds. The molecule has 0 saturated carbocycles. The monoisotopic (exact) mass is 606 g/mol. The Labute approximate surface area is 177 Å². The number of rotatable bonds is 13. The summed E-state index contributed by atoms with van der Waals surface area (Å²) >= 11 is 0. The van der Waals surface area contributed by atoms with Crippen LogP contribution in [0.2, 0.25) is 0 Å². The van der Waals surface area contributed by atoms with Crippen LogP contribution < -0.4 is 0 Å². The topological polar surface area (TPSA) is 382 Å². The van der Waals surface area contributed by atoms with E-state index in [9.17, 15) is 50.5 Å². The van der Waals surface area contributed by atoms with Gasteiger partial charge in [-0.3, -0.25) is 27.3 Å². The summed E-state index contributed by atoms with van der Waals surface area (Å²) in [6.07, 6.45) is 0. The van der Waals surface area contributed by atoms with Crippen molar-refractivity contribution in [3.63, 3.8) is 0 Å². The van der Waals surface area contributed by atoms with Crippen LogP contribution in [0.5, 0.6) is 0 Å². The maximum atomic E-state index is 11.0. The maximum absolute atomic E-state index is 11.0. The molecule has 194 valence electrons. The van der Waals surface area contributed by atoms with Crippen molar-refractivity contribution in [2.24, 2.45) is 0 Å². The first-order valence-electron chi connectivity index (χ1n) is 5.57. The second kappa shape index (κ2) is 9.11. The zero-order chi connectivity index (χ0) is 26.2. The molecule has 0 aromatic rings. The molecule has 0 aromatic carbocycles.